The highest BCUT2D eigenvalue weighted by atomic mass is 32.1. The number of thiophene rings is 1. The number of aromatic nitrogens is 1. The molecule has 0 aliphatic carbocycles. The van der Waals surface area contributed by atoms with E-state index < -0.39 is 0 Å². The number of hydrogen-bond acceptors (Lipinski definition) is 4. The van der Waals surface area contributed by atoms with Crippen LogP contribution in [0.4, 0.5) is 0 Å². The fraction of sp³-hybridized carbons (Fsp3) is 0.286. The predicted octanol–water partition coefficient (Wildman–Crippen LogP) is 3.58. The second-order valence-corrected chi connectivity index (χ2v) is 7.67. The maximum Gasteiger partial charge on any atom is 0.254 e. The van der Waals surface area contributed by atoms with Crippen LogP contribution in [0.25, 0.3) is 22.2 Å². The number of amides is 2. The van der Waals surface area contributed by atoms with Crippen molar-refractivity contribution in [2.45, 2.75) is 13.8 Å². The molecule has 3 heterocycles. The molecule has 3 aromatic rings. The minimum Gasteiger partial charge on any atom is -0.339 e. The molecule has 0 unspecified atom stereocenters. The van der Waals surface area contributed by atoms with Gasteiger partial charge in [0.1, 0.15) is 0 Å². The molecule has 2 aromatic heterocycles. The first-order valence-electron chi connectivity index (χ1n) is 9.02. The van der Waals surface area contributed by atoms with E-state index >= 15 is 0 Å². The number of aryl methyl sites for hydroxylation is 1. The number of hydrogen-bond donors (Lipinski definition) is 0. The number of benzene rings is 1. The summed E-state index contributed by atoms with van der Waals surface area (Å²) in [5.74, 6) is 0.0690. The van der Waals surface area contributed by atoms with Crippen LogP contribution in [-0.4, -0.2) is 52.8 Å². The van der Waals surface area contributed by atoms with Gasteiger partial charge in [0, 0.05) is 49.4 Å². The highest BCUT2D eigenvalue weighted by molar-refractivity contribution is 7.08. The van der Waals surface area contributed by atoms with Crippen LogP contribution < -0.4 is 0 Å². The van der Waals surface area contributed by atoms with E-state index in [1.54, 1.807) is 23.2 Å². The van der Waals surface area contributed by atoms with E-state index in [0.29, 0.717) is 31.7 Å². The summed E-state index contributed by atoms with van der Waals surface area (Å²) in [5, 5.41) is 4.94. The third-order valence-corrected chi connectivity index (χ3v) is 5.71. The first-order valence-corrected chi connectivity index (χ1v) is 9.96. The molecule has 0 bridgehead atoms. The second-order valence-electron chi connectivity index (χ2n) is 6.89. The molecule has 0 spiro atoms. The Hall–Kier alpha value is -2.73. The molecule has 1 fully saturated rings. The van der Waals surface area contributed by atoms with Gasteiger partial charge in [0.05, 0.1) is 16.8 Å². The molecule has 0 N–H and O–H groups in total. The predicted molar refractivity (Wildman–Crippen MR) is 108 cm³/mol. The lowest BCUT2D eigenvalue weighted by atomic mass is 10.0. The molecule has 4 rings (SSSR count). The summed E-state index contributed by atoms with van der Waals surface area (Å²) in [4.78, 5) is 33.3. The molecule has 0 radical (unpaired) electrons. The van der Waals surface area contributed by atoms with Crippen LogP contribution in [0, 0.1) is 6.92 Å². The summed E-state index contributed by atoms with van der Waals surface area (Å²) in [6, 6.07) is 9.95. The van der Waals surface area contributed by atoms with Gasteiger partial charge in [-0.15, -0.1) is 0 Å². The molecular weight excluding hydrogens is 358 g/mol. The Kier molecular flexibility index (Phi) is 4.66. The lowest BCUT2D eigenvalue weighted by molar-refractivity contribution is -0.130. The smallest absolute Gasteiger partial charge is 0.254 e. The largest absolute Gasteiger partial charge is 0.339 e. The Morgan fingerprint density at radius 2 is 1.78 bits per heavy atom. The molecule has 138 valence electrons. The van der Waals surface area contributed by atoms with Crippen LogP contribution in [0.1, 0.15) is 22.8 Å². The fourth-order valence-corrected chi connectivity index (χ4v) is 4.12. The summed E-state index contributed by atoms with van der Waals surface area (Å²) in [6.07, 6.45) is 0. The number of carbonyl (C=O) groups excluding carboxylic acids is 2. The summed E-state index contributed by atoms with van der Waals surface area (Å²) in [7, 11) is 0. The van der Waals surface area contributed by atoms with Gasteiger partial charge in [-0.3, -0.25) is 9.59 Å². The van der Waals surface area contributed by atoms with Crippen molar-refractivity contribution >= 4 is 34.1 Å². The van der Waals surface area contributed by atoms with Gasteiger partial charge in [0.2, 0.25) is 5.91 Å². The lowest BCUT2D eigenvalue weighted by Crippen LogP contribution is -2.50. The van der Waals surface area contributed by atoms with E-state index in [0.717, 1.165) is 27.7 Å². The Labute approximate surface area is 162 Å². The first-order chi connectivity index (χ1) is 13.0. The molecule has 1 saturated heterocycles. The van der Waals surface area contributed by atoms with E-state index in [4.69, 9.17) is 4.98 Å². The van der Waals surface area contributed by atoms with Crippen molar-refractivity contribution in [3.8, 4) is 11.3 Å². The van der Waals surface area contributed by atoms with E-state index in [1.807, 2.05) is 52.9 Å². The number of carbonyl (C=O) groups is 2. The topological polar surface area (TPSA) is 53.5 Å². The SMILES string of the molecule is CC(=O)N1CCN(C(=O)c2cc(-c3ccsc3)nc3ccc(C)cc23)CC1. The molecule has 2 amide bonds. The molecule has 0 saturated carbocycles. The quantitative estimate of drug-likeness (QED) is 0.684. The zero-order chi connectivity index (χ0) is 19.0. The van der Waals surface area contributed by atoms with Gasteiger partial charge in [-0.25, -0.2) is 4.98 Å². The number of piperazine rings is 1. The van der Waals surface area contributed by atoms with Crippen molar-refractivity contribution in [1.29, 1.82) is 0 Å². The monoisotopic (exact) mass is 379 g/mol. The van der Waals surface area contributed by atoms with Crippen molar-refractivity contribution in [1.82, 2.24) is 14.8 Å². The summed E-state index contributed by atoms with van der Waals surface area (Å²) in [6.45, 7) is 5.88. The van der Waals surface area contributed by atoms with Gasteiger partial charge in [0.25, 0.3) is 5.91 Å². The molecule has 1 aliphatic rings. The van der Waals surface area contributed by atoms with Crippen molar-refractivity contribution in [2.75, 3.05) is 26.2 Å². The Balaban J connectivity index is 1.74. The Morgan fingerprint density at radius 3 is 2.44 bits per heavy atom. The van der Waals surface area contributed by atoms with E-state index in [2.05, 4.69) is 0 Å². The first kappa shape index (κ1) is 17.7. The van der Waals surface area contributed by atoms with Crippen molar-refractivity contribution in [3.63, 3.8) is 0 Å². The summed E-state index contributed by atoms with van der Waals surface area (Å²) in [5.41, 5.74) is 4.45. The van der Waals surface area contributed by atoms with Gasteiger partial charge >= 0.3 is 0 Å². The van der Waals surface area contributed by atoms with E-state index in [9.17, 15) is 9.59 Å². The minimum absolute atomic E-state index is 0.00711. The Bertz CT molecular complexity index is 1010. The standard InChI is InChI=1S/C21H21N3O2S/c1-14-3-4-19-17(11-14)18(12-20(22-19)16-5-10-27-13-16)21(26)24-8-6-23(7-9-24)15(2)25/h3-5,10-13H,6-9H2,1-2H3. The minimum atomic E-state index is 0.00711. The fourth-order valence-electron chi connectivity index (χ4n) is 3.47. The highest BCUT2D eigenvalue weighted by Gasteiger charge is 2.25. The van der Waals surface area contributed by atoms with Crippen LogP contribution >= 0.6 is 11.3 Å². The molecule has 1 aliphatic heterocycles. The zero-order valence-electron chi connectivity index (χ0n) is 15.4. The molecular formula is C21H21N3O2S. The lowest BCUT2D eigenvalue weighted by Gasteiger charge is -2.34. The van der Waals surface area contributed by atoms with Crippen molar-refractivity contribution < 1.29 is 9.59 Å². The number of fused-ring (bicyclic) bond motifs is 1. The average molecular weight is 379 g/mol. The van der Waals surface area contributed by atoms with E-state index in [1.165, 1.54) is 0 Å². The number of nitrogens with zero attached hydrogens (tertiary/aromatic N) is 3. The molecule has 0 atom stereocenters. The van der Waals surface area contributed by atoms with Gasteiger partial charge in [0.15, 0.2) is 0 Å². The van der Waals surface area contributed by atoms with Crippen LogP contribution in [0.3, 0.4) is 0 Å². The van der Waals surface area contributed by atoms with Crippen LogP contribution in [0.5, 0.6) is 0 Å². The Morgan fingerprint density at radius 1 is 1.04 bits per heavy atom. The normalized spacial score (nSPS) is 14.6. The van der Waals surface area contributed by atoms with Crippen LogP contribution in [0.15, 0.2) is 41.1 Å². The van der Waals surface area contributed by atoms with Crippen molar-refractivity contribution in [2.24, 2.45) is 0 Å². The molecule has 27 heavy (non-hydrogen) atoms. The van der Waals surface area contributed by atoms with Crippen LogP contribution in [-0.2, 0) is 4.79 Å². The average Bonchev–Trinajstić information content (AvgIpc) is 3.21. The van der Waals surface area contributed by atoms with Gasteiger partial charge < -0.3 is 9.80 Å². The molecule has 5 nitrogen and oxygen atoms in total. The number of pyridine rings is 1. The summed E-state index contributed by atoms with van der Waals surface area (Å²) >= 11 is 1.61. The van der Waals surface area contributed by atoms with Gasteiger partial charge in [-0.2, -0.15) is 11.3 Å². The third-order valence-electron chi connectivity index (χ3n) is 5.02. The third kappa shape index (κ3) is 3.45. The maximum absolute atomic E-state index is 13.3. The zero-order valence-corrected chi connectivity index (χ0v) is 16.3. The van der Waals surface area contributed by atoms with Gasteiger partial charge in [-0.05, 0) is 36.6 Å². The second kappa shape index (κ2) is 7.12. The van der Waals surface area contributed by atoms with Gasteiger partial charge in [-0.1, -0.05) is 11.6 Å². The van der Waals surface area contributed by atoms with E-state index in [-0.39, 0.29) is 11.8 Å². The number of rotatable bonds is 2. The van der Waals surface area contributed by atoms with Crippen molar-refractivity contribution in [3.05, 3.63) is 52.2 Å². The molecule has 6 heteroatoms. The summed E-state index contributed by atoms with van der Waals surface area (Å²) < 4.78 is 0. The highest BCUT2D eigenvalue weighted by Crippen LogP contribution is 2.28. The van der Waals surface area contributed by atoms with Crippen LogP contribution in [0.2, 0.25) is 0 Å². The molecule has 1 aromatic carbocycles. The maximum atomic E-state index is 13.3.